The summed E-state index contributed by atoms with van der Waals surface area (Å²) in [4.78, 5) is 0. The zero-order valence-electron chi connectivity index (χ0n) is 12.0. The second-order valence-electron chi connectivity index (χ2n) is 6.37. The summed E-state index contributed by atoms with van der Waals surface area (Å²) >= 11 is 0. The highest BCUT2D eigenvalue weighted by Crippen LogP contribution is 2.29. The third-order valence-electron chi connectivity index (χ3n) is 5.09. The molecule has 2 aliphatic rings. The van der Waals surface area contributed by atoms with Crippen LogP contribution in [0.3, 0.4) is 0 Å². The fourth-order valence-corrected chi connectivity index (χ4v) is 4.04. The molecule has 0 radical (unpaired) electrons. The van der Waals surface area contributed by atoms with Crippen LogP contribution in [0.1, 0.15) is 37.7 Å². The minimum atomic E-state index is 0.842. The van der Waals surface area contributed by atoms with Crippen molar-refractivity contribution in [1.82, 2.24) is 5.32 Å². The predicted octanol–water partition coefficient (Wildman–Crippen LogP) is 2.94. The average Bonchev–Trinajstić information content (AvgIpc) is 2.50. The van der Waals surface area contributed by atoms with E-state index in [0.29, 0.717) is 0 Å². The number of nitrogens with one attached hydrogen (secondary N) is 1. The number of likely N-dealkylation sites (tertiary alicyclic amines) is 1. The molecule has 2 aliphatic heterocycles. The van der Waals surface area contributed by atoms with Gasteiger partial charge in [0.15, 0.2) is 0 Å². The maximum absolute atomic E-state index is 3.63. The Morgan fingerprint density at radius 1 is 1.00 bits per heavy atom. The molecule has 104 valence electrons. The highest BCUT2D eigenvalue weighted by Gasteiger charge is 2.38. The van der Waals surface area contributed by atoms with E-state index in [4.69, 9.17) is 0 Å². The molecule has 1 aromatic rings. The smallest absolute Gasteiger partial charge is 0.105 e. The van der Waals surface area contributed by atoms with Crippen molar-refractivity contribution in [2.45, 2.75) is 44.7 Å². The molecule has 2 heterocycles. The molecule has 0 aliphatic carbocycles. The second kappa shape index (κ2) is 6.06. The number of piperidine rings is 2. The molecular weight excluding hydrogens is 232 g/mol. The highest BCUT2D eigenvalue weighted by molar-refractivity contribution is 5.13. The molecule has 0 aromatic heterocycles. The van der Waals surface area contributed by atoms with Crippen molar-refractivity contribution in [3.63, 3.8) is 0 Å². The van der Waals surface area contributed by atoms with Gasteiger partial charge >= 0.3 is 0 Å². The fourth-order valence-electron chi connectivity index (χ4n) is 4.04. The molecule has 0 saturated carbocycles. The topological polar surface area (TPSA) is 12.0 Å². The number of hydrogen-bond acceptors (Lipinski definition) is 1. The Morgan fingerprint density at radius 3 is 2.47 bits per heavy atom. The first kappa shape index (κ1) is 13.1. The lowest BCUT2D eigenvalue weighted by Gasteiger charge is -2.49. The van der Waals surface area contributed by atoms with E-state index in [2.05, 4.69) is 35.6 Å². The van der Waals surface area contributed by atoms with Crippen LogP contribution >= 0.6 is 0 Å². The zero-order valence-corrected chi connectivity index (χ0v) is 12.0. The third kappa shape index (κ3) is 3.01. The molecule has 1 unspecified atom stereocenters. The van der Waals surface area contributed by atoms with Gasteiger partial charge in [-0.2, -0.15) is 0 Å². The summed E-state index contributed by atoms with van der Waals surface area (Å²) in [5, 5.41) is 3.63. The Hall–Kier alpha value is -0.860. The highest BCUT2D eigenvalue weighted by atomic mass is 15.4. The molecule has 0 bridgehead atoms. The number of nitrogens with zero attached hydrogens (tertiary/aromatic N) is 1. The molecule has 1 atom stereocenters. The first-order valence-electron chi connectivity index (χ1n) is 7.99. The van der Waals surface area contributed by atoms with Gasteiger partial charge in [0.2, 0.25) is 0 Å². The van der Waals surface area contributed by atoms with E-state index in [1.165, 1.54) is 74.9 Å². The summed E-state index contributed by atoms with van der Waals surface area (Å²) in [5.41, 5.74) is 1.52. The van der Waals surface area contributed by atoms with E-state index in [-0.39, 0.29) is 0 Å². The van der Waals surface area contributed by atoms with Gasteiger partial charge in [-0.25, -0.2) is 0 Å². The Morgan fingerprint density at radius 2 is 1.79 bits per heavy atom. The Labute approximate surface area is 117 Å². The van der Waals surface area contributed by atoms with E-state index in [1.54, 1.807) is 0 Å². The van der Waals surface area contributed by atoms with Crippen LogP contribution in [0.2, 0.25) is 0 Å². The van der Waals surface area contributed by atoms with Crippen molar-refractivity contribution < 1.29 is 4.48 Å². The van der Waals surface area contributed by atoms with E-state index in [1.807, 2.05) is 0 Å². The van der Waals surface area contributed by atoms with Crippen LogP contribution in [0.15, 0.2) is 30.3 Å². The predicted molar refractivity (Wildman–Crippen MR) is 79.9 cm³/mol. The molecule has 1 N–H and O–H groups in total. The van der Waals surface area contributed by atoms with E-state index in [0.717, 1.165) is 6.04 Å². The lowest BCUT2D eigenvalue weighted by Crippen LogP contribution is -2.61. The average molecular weight is 259 g/mol. The number of rotatable bonds is 3. The van der Waals surface area contributed by atoms with Crippen molar-refractivity contribution >= 4 is 0 Å². The van der Waals surface area contributed by atoms with Crippen LogP contribution in [0.4, 0.5) is 0 Å². The van der Waals surface area contributed by atoms with Gasteiger partial charge in [0.1, 0.15) is 12.6 Å². The van der Waals surface area contributed by atoms with E-state index in [9.17, 15) is 0 Å². The SMILES string of the molecule is c1ccc(C[N+]2(C3CCCNC3)CCCCC2)cc1. The largest absolute Gasteiger partial charge is 0.316 e. The van der Waals surface area contributed by atoms with Crippen LogP contribution in [0, 0.1) is 0 Å². The maximum Gasteiger partial charge on any atom is 0.105 e. The molecule has 1 aromatic carbocycles. The van der Waals surface area contributed by atoms with Crippen molar-refractivity contribution in [2.75, 3.05) is 26.2 Å². The molecule has 2 nitrogen and oxygen atoms in total. The van der Waals surface area contributed by atoms with Gasteiger partial charge in [-0.05, 0) is 32.2 Å². The van der Waals surface area contributed by atoms with Gasteiger partial charge in [0.25, 0.3) is 0 Å². The van der Waals surface area contributed by atoms with Gasteiger partial charge in [-0.3, -0.25) is 0 Å². The standard InChI is InChI=1S/C17H27N2/c1-3-8-16(9-4-1)15-19(12-5-2-6-13-19)17-10-7-11-18-14-17/h1,3-4,8-9,17-18H,2,5-7,10-15H2/q+1. The van der Waals surface area contributed by atoms with Gasteiger partial charge in [0, 0.05) is 18.5 Å². The first-order chi connectivity index (χ1) is 9.39. The van der Waals surface area contributed by atoms with Crippen molar-refractivity contribution in [1.29, 1.82) is 0 Å². The number of hydrogen-bond donors (Lipinski definition) is 1. The molecule has 0 spiro atoms. The van der Waals surface area contributed by atoms with Crippen molar-refractivity contribution in [2.24, 2.45) is 0 Å². The van der Waals surface area contributed by atoms with Crippen molar-refractivity contribution in [3.8, 4) is 0 Å². The Kier molecular flexibility index (Phi) is 4.19. The molecule has 3 rings (SSSR count). The minimum Gasteiger partial charge on any atom is -0.316 e. The molecule has 2 fully saturated rings. The monoisotopic (exact) mass is 259 g/mol. The quantitative estimate of drug-likeness (QED) is 0.823. The number of quaternary nitrogens is 1. The van der Waals surface area contributed by atoms with Gasteiger partial charge < -0.3 is 9.80 Å². The van der Waals surface area contributed by atoms with Crippen molar-refractivity contribution in [3.05, 3.63) is 35.9 Å². The minimum absolute atomic E-state index is 0.842. The van der Waals surface area contributed by atoms with Gasteiger partial charge in [-0.1, -0.05) is 30.3 Å². The molecule has 19 heavy (non-hydrogen) atoms. The molecule has 0 amide bonds. The Bertz CT molecular complexity index is 376. The van der Waals surface area contributed by atoms with Crippen LogP contribution < -0.4 is 5.32 Å². The molecular formula is C17H27N2+. The van der Waals surface area contributed by atoms with Crippen LogP contribution in [-0.4, -0.2) is 36.7 Å². The van der Waals surface area contributed by atoms with Crippen LogP contribution in [-0.2, 0) is 6.54 Å². The fraction of sp³-hybridized carbons (Fsp3) is 0.647. The summed E-state index contributed by atoms with van der Waals surface area (Å²) in [6.45, 7) is 6.48. The van der Waals surface area contributed by atoms with Gasteiger partial charge in [0.05, 0.1) is 13.1 Å². The van der Waals surface area contributed by atoms with E-state index < -0.39 is 0 Å². The Balaban J connectivity index is 1.79. The summed E-state index contributed by atoms with van der Waals surface area (Å²) in [7, 11) is 0. The second-order valence-corrected chi connectivity index (χ2v) is 6.37. The normalized spacial score (nSPS) is 27.1. The lowest BCUT2D eigenvalue weighted by atomic mass is 9.96. The summed E-state index contributed by atoms with van der Waals surface area (Å²) in [5.74, 6) is 0. The summed E-state index contributed by atoms with van der Waals surface area (Å²) in [6.07, 6.45) is 7.06. The maximum atomic E-state index is 3.63. The third-order valence-corrected chi connectivity index (χ3v) is 5.09. The van der Waals surface area contributed by atoms with Crippen LogP contribution in [0.5, 0.6) is 0 Å². The zero-order chi connectivity index (χ0) is 13.0. The van der Waals surface area contributed by atoms with Crippen LogP contribution in [0.25, 0.3) is 0 Å². The lowest BCUT2D eigenvalue weighted by molar-refractivity contribution is -0.967. The molecule has 2 heteroatoms. The number of benzene rings is 1. The molecule has 2 saturated heterocycles. The first-order valence-corrected chi connectivity index (χ1v) is 7.99. The summed E-state index contributed by atoms with van der Waals surface area (Å²) in [6, 6.07) is 12.0. The summed E-state index contributed by atoms with van der Waals surface area (Å²) < 4.78 is 1.34. The van der Waals surface area contributed by atoms with Gasteiger partial charge in [-0.15, -0.1) is 0 Å². The van der Waals surface area contributed by atoms with E-state index >= 15 is 0 Å².